The minimum absolute atomic E-state index is 0.187. The predicted molar refractivity (Wildman–Crippen MR) is 121 cm³/mol. The summed E-state index contributed by atoms with van der Waals surface area (Å²) in [5.74, 6) is 2.30. The Morgan fingerprint density at radius 2 is 1.93 bits per heavy atom. The quantitative estimate of drug-likeness (QED) is 0.558. The summed E-state index contributed by atoms with van der Waals surface area (Å²) in [5, 5.41) is 7.30. The minimum atomic E-state index is -0.301. The third-order valence-corrected chi connectivity index (χ3v) is 6.94. The molecule has 1 aliphatic heterocycles. The fourth-order valence-corrected chi connectivity index (χ4v) is 6.21. The van der Waals surface area contributed by atoms with E-state index in [0.29, 0.717) is 12.2 Å². The van der Waals surface area contributed by atoms with Crippen molar-refractivity contribution in [3.8, 4) is 0 Å². The molecular weight excluding hydrogens is 376 g/mol. The van der Waals surface area contributed by atoms with Gasteiger partial charge in [0.2, 0.25) is 6.21 Å². The van der Waals surface area contributed by atoms with Gasteiger partial charge in [-0.25, -0.2) is 9.46 Å². The van der Waals surface area contributed by atoms with Crippen LogP contribution in [0.5, 0.6) is 0 Å². The number of ether oxygens (including phenoxy) is 1. The van der Waals surface area contributed by atoms with Gasteiger partial charge in [-0.3, -0.25) is 0 Å². The molecule has 0 radical (unpaired) electrons. The average Bonchev–Trinajstić information content (AvgIpc) is 2.72. The van der Waals surface area contributed by atoms with Crippen LogP contribution in [0, 0.1) is 17.8 Å². The van der Waals surface area contributed by atoms with Gasteiger partial charge in [0.1, 0.15) is 0 Å². The Morgan fingerprint density at radius 3 is 2.57 bits per heavy atom. The summed E-state index contributed by atoms with van der Waals surface area (Å²) in [7, 11) is 0. The van der Waals surface area contributed by atoms with E-state index in [1.165, 1.54) is 44.9 Å². The van der Waals surface area contributed by atoms with Crippen molar-refractivity contribution in [2.24, 2.45) is 22.7 Å². The van der Waals surface area contributed by atoms with Crippen molar-refractivity contribution in [3.05, 3.63) is 35.5 Å². The molecule has 2 N–H and O–H groups in total. The topological polar surface area (TPSA) is 76.8 Å². The van der Waals surface area contributed by atoms with E-state index in [0.717, 1.165) is 34.7 Å². The van der Waals surface area contributed by atoms with Crippen molar-refractivity contribution in [1.82, 2.24) is 4.67 Å². The summed E-state index contributed by atoms with van der Waals surface area (Å²) in [5.41, 5.74) is 3.53. The maximum atomic E-state index is 12.3. The Hall–Kier alpha value is -2.85. The molecule has 4 saturated carbocycles. The van der Waals surface area contributed by atoms with E-state index in [2.05, 4.69) is 20.3 Å². The van der Waals surface area contributed by atoms with Crippen molar-refractivity contribution in [1.29, 1.82) is 0 Å². The second-order valence-electron chi connectivity index (χ2n) is 9.26. The second-order valence-corrected chi connectivity index (χ2v) is 9.26. The van der Waals surface area contributed by atoms with E-state index in [4.69, 9.17) is 4.74 Å². The first-order valence-corrected chi connectivity index (χ1v) is 11.1. The molecule has 0 aromatic heterocycles. The van der Waals surface area contributed by atoms with Crippen molar-refractivity contribution in [2.45, 2.75) is 51.0 Å². The van der Waals surface area contributed by atoms with Crippen LogP contribution in [0.1, 0.15) is 55.8 Å². The number of hydrogen-bond acceptors (Lipinski definition) is 5. The van der Waals surface area contributed by atoms with E-state index in [1.54, 1.807) is 12.4 Å². The fourth-order valence-electron chi connectivity index (χ4n) is 6.21. The number of hydrogen-bond donors (Lipinski definition) is 2. The summed E-state index contributed by atoms with van der Waals surface area (Å²) in [6.45, 7) is 2.19. The number of carbonyl (C=O) groups excluding carboxylic acids is 1. The van der Waals surface area contributed by atoms with Gasteiger partial charge in [-0.15, -0.1) is 0 Å². The summed E-state index contributed by atoms with van der Waals surface area (Å²) in [6, 6.07) is 5.75. The molecule has 4 fully saturated rings. The summed E-state index contributed by atoms with van der Waals surface area (Å²) in [4.78, 5) is 16.4. The van der Waals surface area contributed by atoms with E-state index in [-0.39, 0.29) is 11.5 Å². The molecule has 1 aromatic rings. The van der Waals surface area contributed by atoms with Crippen LogP contribution >= 0.6 is 0 Å². The summed E-state index contributed by atoms with van der Waals surface area (Å²) >= 11 is 0. The molecule has 0 amide bonds. The number of allylic oxidation sites excluding steroid dienone is 1. The molecule has 1 heterocycles. The number of carbonyl (C=O) groups is 1. The Balaban J connectivity index is 1.44. The SMILES string of the molecule is CCOC(=O)c1ccc(NC23CC4CC(CC(C4)C2)C3)c(NC=C2C=NC=[N+]=C2)c1. The lowest BCUT2D eigenvalue weighted by Gasteiger charge is -2.57. The Morgan fingerprint density at radius 1 is 1.20 bits per heavy atom. The van der Waals surface area contributed by atoms with Gasteiger partial charge < -0.3 is 15.4 Å². The average molecular weight is 406 g/mol. The minimum Gasteiger partial charge on any atom is -0.462 e. The lowest BCUT2D eigenvalue weighted by molar-refractivity contribution is 0.0107. The first-order valence-electron chi connectivity index (χ1n) is 11.1. The second kappa shape index (κ2) is 7.77. The van der Waals surface area contributed by atoms with Gasteiger partial charge in [0.05, 0.1) is 29.1 Å². The summed E-state index contributed by atoms with van der Waals surface area (Å²) in [6.07, 6.45) is 14.9. The van der Waals surface area contributed by atoms with Gasteiger partial charge >= 0.3 is 12.3 Å². The zero-order valence-electron chi connectivity index (χ0n) is 17.4. The summed E-state index contributed by atoms with van der Waals surface area (Å²) < 4.78 is 9.27. The van der Waals surface area contributed by atoms with Gasteiger partial charge in [0.15, 0.2) is 6.21 Å². The standard InChI is InChI=1S/C24H28N4O2/c1-2-30-23(29)20-3-4-21(22(8-20)27-14-19-12-25-15-26-13-19)28-24-9-16-5-17(10-24)7-18(6-16)11-24/h3-4,8,12-18H,2,5-7,9-11H2,1H3,(H,28,29)/p+1. The highest BCUT2D eigenvalue weighted by atomic mass is 16.5. The molecule has 0 saturated heterocycles. The first-order chi connectivity index (χ1) is 14.6. The molecular formula is C24H29N4O2+. The molecule has 1 aromatic carbocycles. The highest BCUT2D eigenvalue weighted by molar-refractivity contribution is 6.08. The number of aliphatic imine (C=N–C) groups is 1. The maximum Gasteiger partial charge on any atom is 0.377 e. The molecule has 5 aliphatic rings. The van der Waals surface area contributed by atoms with Gasteiger partial charge in [0, 0.05) is 11.7 Å². The van der Waals surface area contributed by atoms with Crippen LogP contribution < -0.4 is 15.3 Å². The van der Waals surface area contributed by atoms with Crippen molar-refractivity contribution >= 4 is 36.1 Å². The zero-order chi connectivity index (χ0) is 20.6. The molecule has 4 bridgehead atoms. The smallest absolute Gasteiger partial charge is 0.377 e. The third kappa shape index (κ3) is 3.80. The van der Waals surface area contributed by atoms with E-state index in [1.807, 2.05) is 31.3 Å². The number of benzene rings is 1. The normalized spacial score (nSPS) is 31.9. The van der Waals surface area contributed by atoms with Gasteiger partial charge in [0.25, 0.3) is 0 Å². The van der Waals surface area contributed by atoms with Gasteiger partial charge in [-0.05, 0) is 86.4 Å². The highest BCUT2D eigenvalue weighted by Gasteiger charge is 2.51. The van der Waals surface area contributed by atoms with E-state index < -0.39 is 0 Å². The Labute approximate surface area is 177 Å². The number of rotatable bonds is 6. The molecule has 4 aliphatic carbocycles. The van der Waals surface area contributed by atoms with Crippen LogP contribution in [0.2, 0.25) is 0 Å². The van der Waals surface area contributed by atoms with Gasteiger partial charge in [-0.1, -0.05) is 0 Å². The van der Waals surface area contributed by atoms with Gasteiger partial charge in [-0.2, -0.15) is 0 Å². The van der Waals surface area contributed by atoms with Crippen LogP contribution in [0.25, 0.3) is 0 Å². The lowest BCUT2D eigenvalue weighted by Crippen LogP contribution is -2.54. The number of nitrogens with one attached hydrogen (secondary N) is 2. The van der Waals surface area contributed by atoms with E-state index in [9.17, 15) is 4.79 Å². The van der Waals surface area contributed by atoms with Crippen LogP contribution in [0.3, 0.4) is 0 Å². The molecule has 156 valence electrons. The van der Waals surface area contributed by atoms with Crippen LogP contribution in [-0.2, 0) is 4.74 Å². The maximum absolute atomic E-state index is 12.3. The van der Waals surface area contributed by atoms with Crippen LogP contribution in [0.15, 0.2) is 35.0 Å². The Bertz CT molecular complexity index is 936. The molecule has 6 nitrogen and oxygen atoms in total. The molecule has 6 heteroatoms. The highest BCUT2D eigenvalue weighted by Crippen LogP contribution is 2.56. The number of anilines is 2. The molecule has 0 atom stereocenters. The van der Waals surface area contributed by atoms with Crippen molar-refractivity contribution in [3.63, 3.8) is 0 Å². The molecule has 30 heavy (non-hydrogen) atoms. The monoisotopic (exact) mass is 405 g/mol. The predicted octanol–water partition coefficient (Wildman–Crippen LogP) is 3.79. The lowest BCUT2D eigenvalue weighted by atomic mass is 9.53. The molecule has 0 spiro atoms. The van der Waals surface area contributed by atoms with Crippen LogP contribution in [-0.4, -0.2) is 36.9 Å². The molecule has 6 rings (SSSR count). The molecule has 0 unspecified atom stereocenters. The van der Waals surface area contributed by atoms with Crippen molar-refractivity contribution < 1.29 is 9.53 Å². The third-order valence-electron chi connectivity index (χ3n) is 6.94. The fraction of sp³-hybridized carbons (Fsp3) is 0.500. The van der Waals surface area contributed by atoms with Crippen molar-refractivity contribution in [2.75, 3.05) is 17.2 Å². The number of nitrogens with zero attached hydrogens (tertiary/aromatic N) is 2. The largest absolute Gasteiger partial charge is 0.462 e. The first kappa shape index (κ1) is 19.1. The zero-order valence-corrected chi connectivity index (χ0v) is 17.4. The van der Waals surface area contributed by atoms with E-state index >= 15 is 0 Å². The Kier molecular flexibility index (Phi) is 4.95. The number of esters is 1. The van der Waals surface area contributed by atoms with Crippen LogP contribution in [0.4, 0.5) is 11.4 Å².